The number of hydrogen-bond acceptors (Lipinski definition) is 6. The number of nitrogens with zero attached hydrogens (tertiary/aromatic N) is 5. The van der Waals surface area contributed by atoms with Gasteiger partial charge in [-0.15, -0.1) is 0 Å². The number of nitrogens with one attached hydrogen (secondary N) is 2. The minimum absolute atomic E-state index is 0.0251. The Kier molecular flexibility index (Phi) is 10.3. The molecule has 0 unspecified atom stereocenters. The number of carbonyl (C=O) groups excluding carboxylic acids is 2. The van der Waals surface area contributed by atoms with Gasteiger partial charge in [0.25, 0.3) is 0 Å². The molecule has 238 valence electrons. The van der Waals surface area contributed by atoms with Gasteiger partial charge in [0.05, 0.1) is 12.2 Å². The second-order valence-electron chi connectivity index (χ2n) is 12.7. The molecule has 0 aliphatic carbocycles. The van der Waals surface area contributed by atoms with Crippen molar-refractivity contribution in [1.29, 1.82) is 0 Å². The van der Waals surface area contributed by atoms with Crippen LogP contribution in [0.1, 0.15) is 56.1 Å². The summed E-state index contributed by atoms with van der Waals surface area (Å²) < 4.78 is 1.72. The fourth-order valence-corrected chi connectivity index (χ4v) is 8.59. The van der Waals surface area contributed by atoms with Crippen LogP contribution in [0.2, 0.25) is 0 Å². The molecule has 3 saturated heterocycles. The highest BCUT2D eigenvalue weighted by atomic mass is 79.9. The van der Waals surface area contributed by atoms with E-state index in [9.17, 15) is 9.59 Å². The molecule has 0 radical (unpaired) electrons. The summed E-state index contributed by atoms with van der Waals surface area (Å²) in [5.74, 6) is 0.646. The quantitative estimate of drug-likeness (QED) is 0.335. The first-order chi connectivity index (χ1) is 21.3. The largest absolute Gasteiger partial charge is 0.397 e. The number of likely N-dealkylation sites (tertiary alicyclic amines) is 3. The van der Waals surface area contributed by atoms with E-state index in [0.29, 0.717) is 43.6 Å². The summed E-state index contributed by atoms with van der Waals surface area (Å²) in [6, 6.07) is 8.64. The van der Waals surface area contributed by atoms with Gasteiger partial charge in [0, 0.05) is 58.5 Å². The first-order valence-electron chi connectivity index (χ1n) is 16.1. The van der Waals surface area contributed by atoms with Crippen molar-refractivity contribution in [3.8, 4) is 0 Å². The van der Waals surface area contributed by atoms with Crippen molar-refractivity contribution in [2.24, 2.45) is 0 Å². The van der Waals surface area contributed by atoms with Crippen LogP contribution in [-0.4, -0.2) is 101 Å². The predicted molar refractivity (Wildman–Crippen MR) is 181 cm³/mol. The number of hydrogen-bond donors (Lipinski definition) is 3. The Morgan fingerprint density at radius 2 is 1.68 bits per heavy atom. The van der Waals surface area contributed by atoms with Gasteiger partial charge in [0.2, 0.25) is 0 Å². The highest BCUT2D eigenvalue weighted by molar-refractivity contribution is 9.11. The van der Waals surface area contributed by atoms with Gasteiger partial charge < -0.3 is 30.7 Å². The zero-order chi connectivity index (χ0) is 30.6. The van der Waals surface area contributed by atoms with Gasteiger partial charge in [-0.3, -0.25) is 5.32 Å². The van der Waals surface area contributed by atoms with Gasteiger partial charge in [0.1, 0.15) is 5.82 Å². The molecule has 2 aromatic rings. The summed E-state index contributed by atoms with van der Waals surface area (Å²) >= 11 is 7.19. The molecule has 4 aliphatic rings. The van der Waals surface area contributed by atoms with Crippen LogP contribution < -0.4 is 16.4 Å². The lowest BCUT2D eigenvalue weighted by Crippen LogP contribution is -2.55. The van der Waals surface area contributed by atoms with E-state index in [0.717, 1.165) is 52.5 Å². The lowest BCUT2D eigenvalue weighted by molar-refractivity contribution is 0.0872. The fraction of sp³-hybridized carbons (Fsp3) is 0.594. The van der Waals surface area contributed by atoms with E-state index in [1.807, 2.05) is 21.9 Å². The van der Waals surface area contributed by atoms with Crippen LogP contribution in [0, 0.1) is 0 Å². The van der Waals surface area contributed by atoms with Crippen molar-refractivity contribution in [3.63, 3.8) is 0 Å². The standard InChI is InChI=1S/C32H44Br2N8O2/c33-27-18-22(19-28(34)29(27)35)17-24(21-39-13-6-25(7-14-39)40-11-2-1-3-12-40)37-31(43)41-15-8-26(9-16-41)42-20-23-5-4-10-36-30(23)38-32(42)44/h4-5,10,18-19,24-26H,1-3,6-9,11-17,20-21,35H2,(H,37,43)(H,36,38,44)/t24-/m1/s1. The zero-order valence-corrected chi connectivity index (χ0v) is 28.5. The molecule has 0 saturated carbocycles. The minimum atomic E-state index is -0.107. The molecule has 0 bridgehead atoms. The van der Waals surface area contributed by atoms with Crippen molar-refractivity contribution in [2.75, 3.05) is 56.9 Å². The summed E-state index contributed by atoms with van der Waals surface area (Å²) in [7, 11) is 0. The van der Waals surface area contributed by atoms with Crippen LogP contribution in [0.5, 0.6) is 0 Å². The Morgan fingerprint density at radius 3 is 2.39 bits per heavy atom. The summed E-state index contributed by atoms with van der Waals surface area (Å²) in [5.41, 5.74) is 8.99. The first-order valence-corrected chi connectivity index (χ1v) is 17.7. The highest BCUT2D eigenvalue weighted by Crippen LogP contribution is 2.31. The Balaban J connectivity index is 1.06. The summed E-state index contributed by atoms with van der Waals surface area (Å²) in [6.45, 7) is 7.21. The number of benzene rings is 1. The molecule has 1 aromatic carbocycles. The van der Waals surface area contributed by atoms with E-state index in [-0.39, 0.29) is 24.1 Å². The number of rotatable bonds is 7. The molecule has 10 nitrogen and oxygen atoms in total. The topological polar surface area (TPSA) is 110 Å². The molecule has 1 aromatic heterocycles. The molecule has 6 rings (SSSR count). The number of urea groups is 2. The Labute approximate surface area is 277 Å². The van der Waals surface area contributed by atoms with E-state index < -0.39 is 0 Å². The number of nitrogen functional groups attached to an aromatic ring is 1. The third-order valence-corrected chi connectivity index (χ3v) is 11.1. The number of pyridine rings is 1. The number of halogens is 2. The first kappa shape index (κ1) is 31.6. The number of carbonyl (C=O) groups is 2. The predicted octanol–water partition coefficient (Wildman–Crippen LogP) is 5.27. The summed E-state index contributed by atoms with van der Waals surface area (Å²) in [4.78, 5) is 39.8. The highest BCUT2D eigenvalue weighted by Gasteiger charge is 2.34. The van der Waals surface area contributed by atoms with Crippen molar-refractivity contribution in [1.82, 2.24) is 29.9 Å². The molecule has 0 spiro atoms. The minimum Gasteiger partial charge on any atom is -0.397 e. The number of amides is 4. The zero-order valence-electron chi connectivity index (χ0n) is 25.3. The van der Waals surface area contributed by atoms with Gasteiger partial charge in [-0.2, -0.15) is 0 Å². The maximum Gasteiger partial charge on any atom is 0.323 e. The Morgan fingerprint density at radius 1 is 1.00 bits per heavy atom. The van der Waals surface area contributed by atoms with Gasteiger partial charge in [-0.25, -0.2) is 14.6 Å². The summed E-state index contributed by atoms with van der Waals surface area (Å²) in [6.07, 6.45) is 10.3. The van der Waals surface area contributed by atoms with Crippen molar-refractivity contribution < 1.29 is 9.59 Å². The average Bonchev–Trinajstić information content (AvgIpc) is 3.04. The average molecular weight is 733 g/mol. The van der Waals surface area contributed by atoms with E-state index in [4.69, 9.17) is 5.73 Å². The normalized spacial score (nSPS) is 21.5. The van der Waals surface area contributed by atoms with E-state index in [1.165, 1.54) is 45.2 Å². The van der Waals surface area contributed by atoms with Crippen molar-refractivity contribution in [3.05, 3.63) is 50.5 Å². The number of piperidine rings is 3. The number of anilines is 2. The van der Waals surface area contributed by atoms with Gasteiger partial charge in [-0.1, -0.05) is 12.5 Å². The molecule has 44 heavy (non-hydrogen) atoms. The molecule has 3 fully saturated rings. The third kappa shape index (κ3) is 7.51. The van der Waals surface area contributed by atoms with E-state index in [1.54, 1.807) is 6.20 Å². The smallest absolute Gasteiger partial charge is 0.323 e. The van der Waals surface area contributed by atoms with Crippen LogP contribution >= 0.6 is 31.9 Å². The monoisotopic (exact) mass is 730 g/mol. The van der Waals surface area contributed by atoms with Gasteiger partial charge >= 0.3 is 12.1 Å². The van der Waals surface area contributed by atoms with Gasteiger partial charge in [-0.05, 0) is 127 Å². The van der Waals surface area contributed by atoms with Crippen LogP contribution in [0.15, 0.2) is 39.4 Å². The molecular formula is C32H44Br2N8O2. The molecule has 5 heterocycles. The van der Waals surface area contributed by atoms with Gasteiger partial charge in [0.15, 0.2) is 0 Å². The summed E-state index contributed by atoms with van der Waals surface area (Å²) in [5, 5.41) is 6.32. The second-order valence-corrected chi connectivity index (χ2v) is 14.4. The van der Waals surface area contributed by atoms with Crippen LogP contribution in [-0.2, 0) is 13.0 Å². The molecule has 4 aliphatic heterocycles. The molecular weight excluding hydrogens is 688 g/mol. The van der Waals surface area contributed by atoms with Crippen molar-refractivity contribution >= 4 is 55.4 Å². The second kappa shape index (κ2) is 14.3. The molecule has 1 atom stereocenters. The Bertz CT molecular complexity index is 1300. The third-order valence-electron chi connectivity index (χ3n) is 9.80. The van der Waals surface area contributed by atoms with Crippen LogP contribution in [0.3, 0.4) is 0 Å². The van der Waals surface area contributed by atoms with E-state index in [2.05, 4.69) is 69.4 Å². The number of fused-ring (bicyclic) bond motifs is 1. The molecule has 4 N–H and O–H groups in total. The molecule has 12 heteroatoms. The lowest BCUT2D eigenvalue weighted by atomic mass is 9.98. The Hall–Kier alpha value is -2.41. The maximum atomic E-state index is 13.6. The van der Waals surface area contributed by atoms with Crippen LogP contribution in [0.25, 0.3) is 0 Å². The van der Waals surface area contributed by atoms with Crippen LogP contribution in [0.4, 0.5) is 21.1 Å². The maximum absolute atomic E-state index is 13.6. The lowest BCUT2D eigenvalue weighted by Gasteiger charge is -2.42. The number of aromatic nitrogens is 1. The number of nitrogens with two attached hydrogens (primary N) is 1. The molecule has 4 amide bonds. The van der Waals surface area contributed by atoms with Crippen molar-refractivity contribution in [2.45, 2.75) is 76.0 Å². The van der Waals surface area contributed by atoms with E-state index >= 15 is 0 Å². The SMILES string of the molecule is Nc1c(Br)cc(C[C@H](CN2CCC(N3CCCCC3)CC2)NC(=O)N2CCC(N3Cc4cccnc4NC3=O)CC2)cc1Br. The fourth-order valence-electron chi connectivity index (χ4n) is 7.31.